The molecule has 1 fully saturated rings. The summed E-state index contributed by atoms with van der Waals surface area (Å²) in [6.07, 6.45) is 3.16. The molecule has 0 saturated carbocycles. The van der Waals surface area contributed by atoms with Crippen LogP contribution in [0.2, 0.25) is 0 Å². The standard InChI is InChI=1S/C24H27N7O4/c1-15-11-20(29-35-15)23-27-26-22-12-21(32-2)24(28-31(22)23)34-14-17-4-3-16-13-30(8-5-19(16)25-17)18-6-9-33-10-7-18/h3-4,11-12,18H,5-10,13-14H2,1-2H3. The van der Waals surface area contributed by atoms with Gasteiger partial charge in [-0.15, -0.1) is 15.3 Å². The van der Waals surface area contributed by atoms with Crippen molar-refractivity contribution in [3.8, 4) is 23.1 Å². The van der Waals surface area contributed by atoms with Crippen molar-refractivity contribution < 1.29 is 18.7 Å². The Hall–Kier alpha value is -3.57. The van der Waals surface area contributed by atoms with Crippen LogP contribution in [0, 0.1) is 6.92 Å². The van der Waals surface area contributed by atoms with E-state index in [9.17, 15) is 0 Å². The van der Waals surface area contributed by atoms with Crippen molar-refractivity contribution in [3.05, 3.63) is 47.0 Å². The molecule has 6 rings (SSSR count). The van der Waals surface area contributed by atoms with Crippen molar-refractivity contribution in [2.24, 2.45) is 0 Å². The van der Waals surface area contributed by atoms with Gasteiger partial charge in [0.25, 0.3) is 5.88 Å². The van der Waals surface area contributed by atoms with Gasteiger partial charge in [-0.25, -0.2) is 0 Å². The van der Waals surface area contributed by atoms with Gasteiger partial charge in [-0.3, -0.25) is 9.88 Å². The van der Waals surface area contributed by atoms with Gasteiger partial charge in [-0.1, -0.05) is 11.2 Å². The van der Waals surface area contributed by atoms with Crippen molar-refractivity contribution in [1.82, 2.24) is 34.9 Å². The number of aromatic nitrogens is 6. The number of methoxy groups -OCH3 is 1. The van der Waals surface area contributed by atoms with Crippen molar-refractivity contribution in [1.29, 1.82) is 0 Å². The number of nitrogens with zero attached hydrogens (tertiary/aromatic N) is 7. The SMILES string of the molecule is COc1cc2nnc(-c3cc(C)on3)n2nc1OCc1ccc2c(n1)CCN(C1CCOCC1)C2. The first kappa shape index (κ1) is 21.9. The van der Waals surface area contributed by atoms with Gasteiger partial charge < -0.3 is 18.7 Å². The molecule has 6 heterocycles. The summed E-state index contributed by atoms with van der Waals surface area (Å²) in [4.78, 5) is 7.45. The second-order valence-corrected chi connectivity index (χ2v) is 8.90. The highest BCUT2D eigenvalue weighted by atomic mass is 16.5. The first-order valence-corrected chi connectivity index (χ1v) is 11.8. The maximum absolute atomic E-state index is 6.05. The molecule has 182 valence electrons. The van der Waals surface area contributed by atoms with Crippen molar-refractivity contribution >= 4 is 5.65 Å². The van der Waals surface area contributed by atoms with Gasteiger partial charge in [0.2, 0.25) is 5.82 Å². The fourth-order valence-electron chi connectivity index (χ4n) is 4.75. The number of ether oxygens (including phenoxy) is 3. The summed E-state index contributed by atoms with van der Waals surface area (Å²) in [5.74, 6) is 1.94. The highest BCUT2D eigenvalue weighted by Gasteiger charge is 2.26. The second kappa shape index (κ2) is 9.23. The summed E-state index contributed by atoms with van der Waals surface area (Å²) in [7, 11) is 1.57. The van der Waals surface area contributed by atoms with E-state index in [4.69, 9.17) is 23.7 Å². The van der Waals surface area contributed by atoms with Gasteiger partial charge in [0.1, 0.15) is 12.4 Å². The molecule has 4 aromatic heterocycles. The van der Waals surface area contributed by atoms with Gasteiger partial charge >= 0.3 is 0 Å². The van der Waals surface area contributed by atoms with Crippen LogP contribution in [0.4, 0.5) is 0 Å². The average molecular weight is 478 g/mol. The van der Waals surface area contributed by atoms with Crippen LogP contribution in [-0.2, 0) is 24.3 Å². The van der Waals surface area contributed by atoms with Crippen LogP contribution in [0.15, 0.2) is 28.8 Å². The van der Waals surface area contributed by atoms with Gasteiger partial charge in [-0.05, 0) is 31.4 Å². The molecular formula is C24H27N7O4. The fourth-order valence-corrected chi connectivity index (χ4v) is 4.75. The Bertz CT molecular complexity index is 1350. The Labute approximate surface area is 202 Å². The van der Waals surface area contributed by atoms with Gasteiger partial charge in [0, 0.05) is 56.6 Å². The van der Waals surface area contributed by atoms with Crippen LogP contribution >= 0.6 is 0 Å². The maximum Gasteiger partial charge on any atom is 0.275 e. The molecule has 0 spiro atoms. The Morgan fingerprint density at radius 2 is 2.03 bits per heavy atom. The van der Waals surface area contributed by atoms with E-state index in [1.165, 1.54) is 5.56 Å². The highest BCUT2D eigenvalue weighted by molar-refractivity contribution is 5.56. The van der Waals surface area contributed by atoms with Crippen LogP contribution in [-0.4, -0.2) is 67.8 Å². The second-order valence-electron chi connectivity index (χ2n) is 8.90. The first-order chi connectivity index (χ1) is 17.2. The predicted octanol–water partition coefficient (Wildman–Crippen LogP) is 2.61. The normalized spacial score (nSPS) is 17.0. The van der Waals surface area contributed by atoms with Crippen LogP contribution in [0.3, 0.4) is 0 Å². The third kappa shape index (κ3) is 4.32. The van der Waals surface area contributed by atoms with Crippen molar-refractivity contribution in [3.63, 3.8) is 0 Å². The lowest BCUT2D eigenvalue weighted by atomic mass is 10.00. The van der Waals surface area contributed by atoms with E-state index in [-0.39, 0.29) is 6.61 Å². The molecule has 11 heteroatoms. The number of fused-ring (bicyclic) bond motifs is 2. The molecule has 0 N–H and O–H groups in total. The zero-order valence-electron chi connectivity index (χ0n) is 19.8. The monoisotopic (exact) mass is 477 g/mol. The minimum Gasteiger partial charge on any atom is -0.491 e. The Balaban J connectivity index is 1.20. The van der Waals surface area contributed by atoms with Gasteiger partial charge in [0.05, 0.1) is 12.8 Å². The van der Waals surface area contributed by atoms with E-state index in [0.29, 0.717) is 40.6 Å². The molecule has 2 aliphatic heterocycles. The molecule has 0 atom stereocenters. The molecule has 2 aliphatic rings. The van der Waals surface area contributed by atoms with Crippen LogP contribution in [0.25, 0.3) is 17.2 Å². The van der Waals surface area contributed by atoms with Crippen LogP contribution in [0.1, 0.15) is 35.6 Å². The molecule has 11 nitrogen and oxygen atoms in total. The lowest BCUT2D eigenvalue weighted by Crippen LogP contribution is -2.42. The Morgan fingerprint density at radius 3 is 2.83 bits per heavy atom. The van der Waals surface area contributed by atoms with E-state index in [0.717, 1.165) is 57.0 Å². The number of rotatable bonds is 6. The smallest absolute Gasteiger partial charge is 0.275 e. The molecule has 35 heavy (non-hydrogen) atoms. The Morgan fingerprint density at radius 1 is 1.14 bits per heavy atom. The molecule has 0 aliphatic carbocycles. The molecule has 1 saturated heterocycles. The molecule has 0 amide bonds. The minimum atomic E-state index is 0.270. The zero-order chi connectivity index (χ0) is 23.8. The number of pyridine rings is 1. The predicted molar refractivity (Wildman–Crippen MR) is 124 cm³/mol. The number of hydrogen-bond donors (Lipinski definition) is 0. The highest BCUT2D eigenvalue weighted by Crippen LogP contribution is 2.29. The summed E-state index contributed by atoms with van der Waals surface area (Å²) in [6.45, 7) is 5.78. The largest absolute Gasteiger partial charge is 0.491 e. The van der Waals surface area contributed by atoms with Crippen LogP contribution in [0.5, 0.6) is 11.6 Å². The third-order valence-electron chi connectivity index (χ3n) is 6.60. The van der Waals surface area contributed by atoms with Crippen LogP contribution < -0.4 is 9.47 Å². The molecular weight excluding hydrogens is 450 g/mol. The molecule has 0 aromatic carbocycles. The summed E-state index contributed by atoms with van der Waals surface area (Å²) < 4.78 is 23.8. The lowest BCUT2D eigenvalue weighted by molar-refractivity contribution is 0.0288. The fraction of sp³-hybridized carbons (Fsp3) is 0.458. The number of hydrogen-bond acceptors (Lipinski definition) is 10. The molecule has 4 aromatic rings. The third-order valence-corrected chi connectivity index (χ3v) is 6.60. The van der Waals surface area contributed by atoms with E-state index >= 15 is 0 Å². The molecule has 0 radical (unpaired) electrons. The lowest BCUT2D eigenvalue weighted by Gasteiger charge is -2.37. The van der Waals surface area contributed by atoms with E-state index < -0.39 is 0 Å². The van der Waals surface area contributed by atoms with Gasteiger partial charge in [-0.2, -0.15) is 4.52 Å². The quantitative estimate of drug-likeness (QED) is 0.411. The van der Waals surface area contributed by atoms with Crippen molar-refractivity contribution in [2.75, 3.05) is 26.9 Å². The topological polar surface area (TPSA) is 113 Å². The first-order valence-electron chi connectivity index (χ1n) is 11.8. The average Bonchev–Trinajstić information content (AvgIpc) is 3.52. The van der Waals surface area contributed by atoms with E-state index in [2.05, 4.69) is 31.4 Å². The van der Waals surface area contributed by atoms with E-state index in [1.807, 2.05) is 13.0 Å². The summed E-state index contributed by atoms with van der Waals surface area (Å²) in [6, 6.07) is 8.32. The Kier molecular flexibility index (Phi) is 5.78. The van der Waals surface area contributed by atoms with Gasteiger partial charge in [0.15, 0.2) is 17.1 Å². The minimum absolute atomic E-state index is 0.270. The summed E-state index contributed by atoms with van der Waals surface area (Å²) >= 11 is 0. The van der Waals surface area contributed by atoms with Crippen molar-refractivity contribution in [2.45, 2.75) is 45.4 Å². The van der Waals surface area contributed by atoms with E-state index in [1.54, 1.807) is 23.8 Å². The number of aryl methyl sites for hydroxylation is 1. The maximum atomic E-state index is 6.05. The summed E-state index contributed by atoms with van der Waals surface area (Å²) in [5, 5.41) is 17.0. The molecule has 0 bridgehead atoms. The molecule has 0 unspecified atom stereocenters. The summed E-state index contributed by atoms with van der Waals surface area (Å²) in [5.41, 5.74) is 4.35. The zero-order valence-corrected chi connectivity index (χ0v) is 19.8.